The Morgan fingerprint density at radius 1 is 0.475 bits per heavy atom. The van der Waals surface area contributed by atoms with E-state index < -0.39 is 0 Å². The predicted octanol–water partition coefficient (Wildman–Crippen LogP) is 18.7. The van der Waals surface area contributed by atoms with Crippen LogP contribution in [0.5, 0.6) is 5.75 Å². The smallest absolute Gasteiger partial charge is 0.149 e. The first-order valence-electron chi connectivity index (χ1n) is 24.4. The SMILES string of the molecule is CCCCCCCCCCCCN(CCCCCCCCCCCC)c1ccc(N=Nc2cc(C)c(N=Nc3ccc(C)cc3)cc2OCC(CC)CCCC)c(C)c1. The van der Waals surface area contributed by atoms with Crippen molar-refractivity contribution in [3.05, 3.63) is 71.3 Å². The summed E-state index contributed by atoms with van der Waals surface area (Å²) in [4.78, 5) is 2.64. The molecule has 328 valence electrons. The van der Waals surface area contributed by atoms with E-state index in [0.29, 0.717) is 18.3 Å². The van der Waals surface area contributed by atoms with Gasteiger partial charge in [-0.05, 0) is 93.5 Å². The van der Waals surface area contributed by atoms with Gasteiger partial charge in [0.25, 0.3) is 0 Å². The summed E-state index contributed by atoms with van der Waals surface area (Å²) < 4.78 is 6.53. The lowest BCUT2D eigenvalue weighted by atomic mass is 10.0. The monoisotopic (exact) mass is 808 g/mol. The molecule has 0 aliphatic carbocycles. The van der Waals surface area contributed by atoms with Crippen LogP contribution in [-0.2, 0) is 0 Å². The standard InChI is InChI=1S/C53H85N5O/c1-8-12-15-17-19-21-23-25-27-29-38-58(39-30-28-26-24-22-20-18-16-13-9-2)49-36-37-50(45(6)40-49)55-57-52-41-46(7)51(56-54-48-34-32-44(5)33-35-48)42-53(52)59-43-47(11-4)31-14-10-3/h32-37,40-42,47H,8-31,38-39,43H2,1-7H3. The van der Waals surface area contributed by atoms with Gasteiger partial charge < -0.3 is 9.64 Å². The topological polar surface area (TPSA) is 61.9 Å². The van der Waals surface area contributed by atoms with Crippen molar-refractivity contribution in [2.75, 3.05) is 24.6 Å². The molecule has 3 rings (SSSR count). The molecule has 0 aliphatic rings. The van der Waals surface area contributed by atoms with Gasteiger partial charge in [-0.2, -0.15) is 15.3 Å². The van der Waals surface area contributed by atoms with Crippen molar-refractivity contribution >= 4 is 28.4 Å². The molecule has 0 aromatic heterocycles. The number of hydrogen-bond donors (Lipinski definition) is 0. The predicted molar refractivity (Wildman–Crippen MR) is 257 cm³/mol. The molecule has 6 nitrogen and oxygen atoms in total. The van der Waals surface area contributed by atoms with E-state index in [4.69, 9.17) is 15.0 Å². The Balaban J connectivity index is 1.72. The summed E-state index contributed by atoms with van der Waals surface area (Å²) in [7, 11) is 0. The molecule has 0 radical (unpaired) electrons. The summed E-state index contributed by atoms with van der Waals surface area (Å²) in [5.41, 5.74) is 7.89. The van der Waals surface area contributed by atoms with Crippen molar-refractivity contribution in [1.82, 2.24) is 0 Å². The summed E-state index contributed by atoms with van der Waals surface area (Å²) in [5, 5.41) is 18.8. The van der Waals surface area contributed by atoms with Gasteiger partial charge in [-0.25, -0.2) is 0 Å². The highest BCUT2D eigenvalue weighted by Crippen LogP contribution is 2.38. The second-order valence-electron chi connectivity index (χ2n) is 17.4. The van der Waals surface area contributed by atoms with E-state index in [9.17, 15) is 0 Å². The molecule has 0 fully saturated rings. The van der Waals surface area contributed by atoms with Gasteiger partial charge in [-0.15, -0.1) is 5.11 Å². The average Bonchev–Trinajstić information content (AvgIpc) is 3.24. The van der Waals surface area contributed by atoms with Crippen LogP contribution >= 0.6 is 0 Å². The molecule has 0 N–H and O–H groups in total. The average molecular weight is 808 g/mol. The van der Waals surface area contributed by atoms with Crippen LogP contribution in [0.3, 0.4) is 0 Å². The third-order valence-corrected chi connectivity index (χ3v) is 12.0. The van der Waals surface area contributed by atoms with E-state index in [1.54, 1.807) is 0 Å². The Kier molecular flexibility index (Phi) is 26.5. The van der Waals surface area contributed by atoms with Crippen LogP contribution < -0.4 is 9.64 Å². The molecule has 0 aliphatic heterocycles. The minimum atomic E-state index is 0.497. The first-order chi connectivity index (χ1) is 28.9. The van der Waals surface area contributed by atoms with Crippen LogP contribution in [0.2, 0.25) is 0 Å². The maximum Gasteiger partial charge on any atom is 0.149 e. The maximum atomic E-state index is 6.53. The Morgan fingerprint density at radius 2 is 0.966 bits per heavy atom. The van der Waals surface area contributed by atoms with Gasteiger partial charge in [0.15, 0.2) is 0 Å². The van der Waals surface area contributed by atoms with Crippen molar-refractivity contribution in [3.63, 3.8) is 0 Å². The highest BCUT2D eigenvalue weighted by atomic mass is 16.5. The van der Waals surface area contributed by atoms with Gasteiger partial charge in [-0.1, -0.05) is 180 Å². The molecule has 1 atom stereocenters. The lowest BCUT2D eigenvalue weighted by molar-refractivity contribution is 0.234. The van der Waals surface area contributed by atoms with Gasteiger partial charge in [0.1, 0.15) is 11.4 Å². The number of nitrogens with zero attached hydrogens (tertiary/aromatic N) is 5. The fourth-order valence-electron chi connectivity index (χ4n) is 7.80. The van der Waals surface area contributed by atoms with E-state index >= 15 is 0 Å². The van der Waals surface area contributed by atoms with Gasteiger partial charge in [-0.3, -0.25) is 0 Å². The largest absolute Gasteiger partial charge is 0.491 e. The van der Waals surface area contributed by atoms with Crippen molar-refractivity contribution < 1.29 is 4.74 Å². The number of unbranched alkanes of at least 4 members (excludes halogenated alkanes) is 19. The lowest BCUT2D eigenvalue weighted by Gasteiger charge is -2.26. The zero-order valence-electron chi connectivity index (χ0n) is 39.0. The second-order valence-corrected chi connectivity index (χ2v) is 17.4. The summed E-state index contributed by atoms with van der Waals surface area (Å²) in [6, 6.07) is 18.9. The molecule has 0 heterocycles. The van der Waals surface area contributed by atoms with Crippen molar-refractivity contribution in [2.45, 2.75) is 203 Å². The quantitative estimate of drug-likeness (QED) is 0.0446. The van der Waals surface area contributed by atoms with Crippen LogP contribution in [0.1, 0.15) is 198 Å². The first kappa shape index (κ1) is 49.8. The van der Waals surface area contributed by atoms with Crippen LogP contribution in [0.15, 0.2) is 75.1 Å². The van der Waals surface area contributed by atoms with Crippen molar-refractivity contribution in [3.8, 4) is 5.75 Å². The lowest BCUT2D eigenvalue weighted by Crippen LogP contribution is -2.25. The number of rotatable bonds is 34. The van der Waals surface area contributed by atoms with E-state index in [2.05, 4.69) is 93.9 Å². The second kappa shape index (κ2) is 31.4. The summed E-state index contributed by atoms with van der Waals surface area (Å²) in [6.07, 6.45) is 32.0. The Hall–Kier alpha value is -3.54. The molecule has 0 saturated heterocycles. The first-order valence-corrected chi connectivity index (χ1v) is 24.4. The Labute approximate surface area is 362 Å². The fourth-order valence-corrected chi connectivity index (χ4v) is 7.80. The van der Waals surface area contributed by atoms with Gasteiger partial charge in [0.2, 0.25) is 0 Å². The molecule has 0 saturated carbocycles. The molecule has 0 bridgehead atoms. The number of hydrogen-bond acceptors (Lipinski definition) is 6. The number of azo groups is 2. The third-order valence-electron chi connectivity index (χ3n) is 12.0. The Bertz CT molecular complexity index is 1560. The highest BCUT2D eigenvalue weighted by Gasteiger charge is 2.14. The molecule has 3 aromatic rings. The minimum Gasteiger partial charge on any atom is -0.491 e. The normalized spacial score (nSPS) is 12.3. The highest BCUT2D eigenvalue weighted by molar-refractivity contribution is 5.64. The van der Waals surface area contributed by atoms with Crippen LogP contribution in [-0.4, -0.2) is 19.7 Å². The number of benzene rings is 3. The maximum absolute atomic E-state index is 6.53. The molecule has 59 heavy (non-hydrogen) atoms. The van der Waals surface area contributed by atoms with Gasteiger partial charge in [0, 0.05) is 24.8 Å². The van der Waals surface area contributed by atoms with E-state index in [1.165, 1.54) is 153 Å². The van der Waals surface area contributed by atoms with Crippen molar-refractivity contribution in [2.24, 2.45) is 26.4 Å². The van der Waals surface area contributed by atoms with E-state index in [0.717, 1.165) is 59.8 Å². The molecule has 0 spiro atoms. The molecule has 0 amide bonds. The van der Waals surface area contributed by atoms with Gasteiger partial charge in [0.05, 0.1) is 23.7 Å². The molecule has 1 unspecified atom stereocenters. The third kappa shape index (κ3) is 21.0. The fraction of sp³-hybridized carbons (Fsp3) is 0.660. The van der Waals surface area contributed by atoms with E-state index in [1.807, 2.05) is 24.3 Å². The van der Waals surface area contributed by atoms with Crippen LogP contribution in [0.25, 0.3) is 0 Å². The zero-order chi connectivity index (χ0) is 42.3. The summed E-state index contributed by atoms with van der Waals surface area (Å²) in [5.74, 6) is 1.21. The molecular formula is C53H85N5O. The summed E-state index contributed by atoms with van der Waals surface area (Å²) >= 11 is 0. The minimum absolute atomic E-state index is 0.497. The van der Waals surface area contributed by atoms with Gasteiger partial charge >= 0.3 is 0 Å². The van der Waals surface area contributed by atoms with E-state index in [-0.39, 0.29) is 0 Å². The number of anilines is 1. The molecular weight excluding hydrogens is 723 g/mol. The Morgan fingerprint density at radius 3 is 1.49 bits per heavy atom. The van der Waals surface area contributed by atoms with Crippen LogP contribution in [0.4, 0.5) is 28.4 Å². The number of aryl methyl sites for hydroxylation is 3. The zero-order valence-corrected chi connectivity index (χ0v) is 39.0. The van der Waals surface area contributed by atoms with Crippen LogP contribution in [0, 0.1) is 26.7 Å². The number of ether oxygens (including phenoxy) is 1. The summed E-state index contributed by atoms with van der Waals surface area (Å²) in [6.45, 7) is 18.3. The van der Waals surface area contributed by atoms with Crippen molar-refractivity contribution in [1.29, 1.82) is 0 Å². The molecule has 6 heteroatoms. The molecule has 3 aromatic carbocycles.